The Morgan fingerprint density at radius 3 is 2.86 bits per heavy atom. The van der Waals surface area contributed by atoms with Crippen LogP contribution in [0.25, 0.3) is 0 Å². The first-order chi connectivity index (χ1) is 10.7. The molecule has 0 radical (unpaired) electrons. The summed E-state index contributed by atoms with van der Waals surface area (Å²) in [6, 6.07) is 2.03. The molecule has 22 heavy (non-hydrogen) atoms. The van der Waals surface area contributed by atoms with Crippen LogP contribution in [0.2, 0.25) is 0 Å². The molecule has 1 aromatic heterocycles. The minimum atomic E-state index is 0.0739. The van der Waals surface area contributed by atoms with Gasteiger partial charge < -0.3 is 14.0 Å². The van der Waals surface area contributed by atoms with Crippen molar-refractivity contribution in [2.24, 2.45) is 5.92 Å². The van der Waals surface area contributed by atoms with E-state index in [1.54, 1.807) is 0 Å². The summed E-state index contributed by atoms with van der Waals surface area (Å²) in [7, 11) is 0. The molecule has 0 N–H and O–H groups in total. The van der Waals surface area contributed by atoms with Gasteiger partial charge in [0.2, 0.25) is 0 Å². The second kappa shape index (κ2) is 5.95. The Hall–Kier alpha value is -0.910. The van der Waals surface area contributed by atoms with Crippen molar-refractivity contribution < 1.29 is 14.0 Å². The minimum Gasteiger partial charge on any atom is -0.375 e. The van der Waals surface area contributed by atoms with Crippen molar-refractivity contribution in [3.8, 4) is 0 Å². The third kappa shape index (κ3) is 3.36. The number of hydrogen-bond acceptors (Lipinski definition) is 5. The average molecular weight is 306 g/mol. The highest BCUT2D eigenvalue weighted by Crippen LogP contribution is 2.38. The Kier molecular flexibility index (Phi) is 3.96. The molecule has 1 aromatic rings. The van der Waals surface area contributed by atoms with E-state index in [0.29, 0.717) is 6.10 Å². The molecule has 3 aliphatic rings. The van der Waals surface area contributed by atoms with Crippen LogP contribution >= 0.6 is 0 Å². The van der Waals surface area contributed by atoms with Crippen LogP contribution in [0.5, 0.6) is 0 Å². The number of piperidine rings is 1. The third-order valence-corrected chi connectivity index (χ3v) is 5.27. The van der Waals surface area contributed by atoms with Gasteiger partial charge in [-0.15, -0.1) is 0 Å². The molecular formula is C17H26N2O3. The first kappa shape index (κ1) is 14.7. The van der Waals surface area contributed by atoms with Gasteiger partial charge in [-0.1, -0.05) is 5.16 Å². The van der Waals surface area contributed by atoms with Crippen molar-refractivity contribution in [2.45, 2.75) is 57.3 Å². The van der Waals surface area contributed by atoms with Crippen LogP contribution < -0.4 is 0 Å². The monoisotopic (exact) mass is 306 g/mol. The standard InChI is InChI=1S/C17H26N2O3/c1-13-8-15(18-22-13)10-19-6-4-17(5-7-19)9-16(12-21-17)20-11-14-2-3-14/h8,14,16H,2-7,9-12H2,1H3. The highest BCUT2D eigenvalue weighted by molar-refractivity contribution is 5.04. The fraction of sp³-hybridized carbons (Fsp3) is 0.824. The molecule has 0 bridgehead atoms. The van der Waals surface area contributed by atoms with Gasteiger partial charge in [-0.2, -0.15) is 0 Å². The van der Waals surface area contributed by atoms with Crippen molar-refractivity contribution >= 4 is 0 Å². The van der Waals surface area contributed by atoms with E-state index in [4.69, 9.17) is 14.0 Å². The fourth-order valence-electron chi connectivity index (χ4n) is 3.65. The molecule has 0 amide bonds. The smallest absolute Gasteiger partial charge is 0.133 e. The predicted octanol–water partition coefficient (Wildman–Crippen LogP) is 2.53. The number of aryl methyl sites for hydroxylation is 1. The molecule has 2 aliphatic heterocycles. The summed E-state index contributed by atoms with van der Waals surface area (Å²) in [5, 5.41) is 4.09. The van der Waals surface area contributed by atoms with Gasteiger partial charge in [0.05, 0.1) is 24.0 Å². The second-order valence-corrected chi connectivity index (χ2v) is 7.30. The molecule has 3 heterocycles. The summed E-state index contributed by atoms with van der Waals surface area (Å²) in [6.45, 7) is 6.70. The molecular weight excluding hydrogens is 280 g/mol. The maximum atomic E-state index is 6.16. The molecule has 122 valence electrons. The van der Waals surface area contributed by atoms with Gasteiger partial charge in [0.15, 0.2) is 0 Å². The predicted molar refractivity (Wildman–Crippen MR) is 81.5 cm³/mol. The van der Waals surface area contributed by atoms with Gasteiger partial charge in [0.1, 0.15) is 5.76 Å². The molecule has 1 spiro atoms. The summed E-state index contributed by atoms with van der Waals surface area (Å²) in [6.07, 6.45) is 6.33. The molecule has 1 atom stereocenters. The lowest BCUT2D eigenvalue weighted by molar-refractivity contribution is -0.0469. The Morgan fingerprint density at radius 2 is 2.18 bits per heavy atom. The van der Waals surface area contributed by atoms with E-state index in [2.05, 4.69) is 10.1 Å². The number of aromatic nitrogens is 1. The molecule has 5 heteroatoms. The summed E-state index contributed by atoms with van der Waals surface area (Å²) in [4.78, 5) is 2.45. The number of hydrogen-bond donors (Lipinski definition) is 0. The van der Waals surface area contributed by atoms with E-state index in [9.17, 15) is 0 Å². The van der Waals surface area contributed by atoms with E-state index in [-0.39, 0.29) is 5.60 Å². The third-order valence-electron chi connectivity index (χ3n) is 5.27. The summed E-state index contributed by atoms with van der Waals surface area (Å²) < 4.78 is 17.3. The quantitative estimate of drug-likeness (QED) is 0.836. The van der Waals surface area contributed by atoms with E-state index < -0.39 is 0 Å². The Morgan fingerprint density at radius 1 is 1.36 bits per heavy atom. The molecule has 1 aliphatic carbocycles. The van der Waals surface area contributed by atoms with Gasteiger partial charge in [-0.3, -0.25) is 4.90 Å². The number of likely N-dealkylation sites (tertiary alicyclic amines) is 1. The van der Waals surface area contributed by atoms with Crippen LogP contribution in [-0.4, -0.2) is 48.1 Å². The topological polar surface area (TPSA) is 47.7 Å². The summed E-state index contributed by atoms with van der Waals surface area (Å²) in [5.74, 6) is 1.72. The molecule has 5 nitrogen and oxygen atoms in total. The lowest BCUT2D eigenvalue weighted by Crippen LogP contribution is -2.44. The Balaban J connectivity index is 1.24. The van der Waals surface area contributed by atoms with Crippen molar-refractivity contribution in [1.29, 1.82) is 0 Å². The van der Waals surface area contributed by atoms with Crippen LogP contribution in [0.3, 0.4) is 0 Å². The van der Waals surface area contributed by atoms with Gasteiger partial charge >= 0.3 is 0 Å². The number of rotatable bonds is 5. The first-order valence-corrected chi connectivity index (χ1v) is 8.61. The first-order valence-electron chi connectivity index (χ1n) is 8.61. The van der Waals surface area contributed by atoms with E-state index >= 15 is 0 Å². The number of ether oxygens (including phenoxy) is 2. The van der Waals surface area contributed by atoms with Gasteiger partial charge in [-0.25, -0.2) is 0 Å². The van der Waals surface area contributed by atoms with Crippen LogP contribution in [-0.2, 0) is 16.0 Å². The van der Waals surface area contributed by atoms with E-state index in [1.165, 1.54) is 12.8 Å². The highest BCUT2D eigenvalue weighted by atomic mass is 16.6. The fourth-order valence-corrected chi connectivity index (χ4v) is 3.65. The maximum Gasteiger partial charge on any atom is 0.133 e. The zero-order chi connectivity index (χ0) is 15.0. The SMILES string of the molecule is Cc1cc(CN2CCC3(CC2)CC(OCC2CC2)CO3)no1. The zero-order valence-electron chi connectivity index (χ0n) is 13.4. The summed E-state index contributed by atoms with van der Waals surface area (Å²) in [5.41, 5.74) is 1.11. The van der Waals surface area contributed by atoms with Gasteiger partial charge in [-0.05, 0) is 38.5 Å². The van der Waals surface area contributed by atoms with Crippen molar-refractivity contribution in [3.05, 3.63) is 17.5 Å². The molecule has 1 saturated carbocycles. The Labute approximate surface area is 131 Å². The van der Waals surface area contributed by atoms with Crippen LogP contribution in [0.1, 0.15) is 43.6 Å². The largest absolute Gasteiger partial charge is 0.375 e. The lowest BCUT2D eigenvalue weighted by Gasteiger charge is -2.38. The van der Waals surface area contributed by atoms with Gasteiger partial charge in [0, 0.05) is 38.7 Å². The van der Waals surface area contributed by atoms with Crippen molar-refractivity contribution in [3.63, 3.8) is 0 Å². The summed E-state index contributed by atoms with van der Waals surface area (Å²) >= 11 is 0. The normalized spacial score (nSPS) is 28.5. The van der Waals surface area contributed by atoms with E-state index in [1.807, 2.05) is 13.0 Å². The Bertz CT molecular complexity index is 504. The lowest BCUT2D eigenvalue weighted by atomic mass is 9.88. The zero-order valence-corrected chi connectivity index (χ0v) is 13.4. The second-order valence-electron chi connectivity index (χ2n) is 7.30. The van der Waals surface area contributed by atoms with Crippen LogP contribution in [0, 0.1) is 12.8 Å². The highest BCUT2D eigenvalue weighted by Gasteiger charge is 2.43. The van der Waals surface area contributed by atoms with Crippen molar-refractivity contribution in [1.82, 2.24) is 10.1 Å². The van der Waals surface area contributed by atoms with E-state index in [0.717, 1.165) is 69.5 Å². The molecule has 0 aromatic carbocycles. The molecule has 1 unspecified atom stereocenters. The molecule has 3 fully saturated rings. The average Bonchev–Trinajstić information content (AvgIpc) is 3.14. The molecule has 2 saturated heterocycles. The van der Waals surface area contributed by atoms with Crippen molar-refractivity contribution in [2.75, 3.05) is 26.3 Å². The van der Waals surface area contributed by atoms with Gasteiger partial charge in [0.25, 0.3) is 0 Å². The minimum absolute atomic E-state index is 0.0739. The number of nitrogens with zero attached hydrogens (tertiary/aromatic N) is 2. The van der Waals surface area contributed by atoms with Crippen LogP contribution in [0.15, 0.2) is 10.6 Å². The van der Waals surface area contributed by atoms with Crippen LogP contribution in [0.4, 0.5) is 0 Å². The maximum absolute atomic E-state index is 6.16. The molecule has 4 rings (SSSR count).